The average Bonchev–Trinajstić information content (AvgIpc) is 2.96. The molecule has 1 amide bonds. The molecular formula is C32H24F3NO6. The molecule has 10 heteroatoms. The molecule has 4 aromatic rings. The molecule has 0 aliphatic carbocycles. The number of aromatic carboxylic acids is 2. The lowest BCUT2D eigenvalue weighted by Gasteiger charge is -2.34. The molecule has 0 heterocycles. The van der Waals surface area contributed by atoms with Crippen molar-refractivity contribution < 1.29 is 42.6 Å². The Hall–Kier alpha value is -5.25. The fourth-order valence-corrected chi connectivity index (χ4v) is 4.59. The summed E-state index contributed by atoms with van der Waals surface area (Å²) < 4.78 is 44.8. The van der Waals surface area contributed by atoms with Crippen LogP contribution in [-0.4, -0.2) is 40.0 Å². The number of hydrogen-bond acceptors (Lipinski definition) is 4. The second kappa shape index (κ2) is 11.7. The van der Waals surface area contributed by atoms with Crippen molar-refractivity contribution in [3.8, 4) is 0 Å². The highest BCUT2D eigenvalue weighted by Crippen LogP contribution is 2.47. The summed E-state index contributed by atoms with van der Waals surface area (Å²) in [6, 6.07) is 21.8. The summed E-state index contributed by atoms with van der Waals surface area (Å²) in [4.78, 5) is 50.0. The summed E-state index contributed by atoms with van der Waals surface area (Å²) in [5.41, 5.74) is -4.88. The van der Waals surface area contributed by atoms with Crippen LogP contribution in [0.25, 0.3) is 0 Å². The van der Waals surface area contributed by atoms with Gasteiger partial charge in [-0.2, -0.15) is 13.2 Å². The Morgan fingerprint density at radius 2 is 1.14 bits per heavy atom. The van der Waals surface area contributed by atoms with Crippen LogP contribution in [0.1, 0.15) is 65.0 Å². The zero-order chi connectivity index (χ0) is 30.7. The maximum absolute atomic E-state index is 14.9. The molecule has 4 aromatic carbocycles. The van der Waals surface area contributed by atoms with E-state index in [9.17, 15) is 42.6 Å². The number of carbonyl (C=O) groups is 4. The molecular weight excluding hydrogens is 551 g/mol. The minimum Gasteiger partial charge on any atom is -0.478 e. The van der Waals surface area contributed by atoms with Crippen LogP contribution < -0.4 is 5.32 Å². The first kappa shape index (κ1) is 29.7. The topological polar surface area (TPSA) is 121 Å². The van der Waals surface area contributed by atoms with Crippen molar-refractivity contribution in [3.05, 3.63) is 136 Å². The number of hydrogen-bond donors (Lipinski definition) is 3. The van der Waals surface area contributed by atoms with E-state index in [2.05, 4.69) is 5.32 Å². The zero-order valence-corrected chi connectivity index (χ0v) is 22.1. The van der Waals surface area contributed by atoms with Crippen LogP contribution in [0.4, 0.5) is 18.9 Å². The number of halogens is 3. The summed E-state index contributed by atoms with van der Waals surface area (Å²) in [6.45, 7) is 0.822. The summed E-state index contributed by atoms with van der Waals surface area (Å²) >= 11 is 0. The van der Waals surface area contributed by atoms with E-state index in [4.69, 9.17) is 0 Å². The predicted molar refractivity (Wildman–Crippen MR) is 148 cm³/mol. The van der Waals surface area contributed by atoms with Crippen LogP contribution in [0.3, 0.4) is 0 Å². The van der Waals surface area contributed by atoms with E-state index in [1.807, 2.05) is 0 Å². The SMILES string of the molecule is CC(c1ccc(C(=O)O)c(C(=O)Cc2ccccc2)c1)(c1ccc(C(=O)O)c(C(=O)Nc2ccccc2)c1)C(F)(F)F. The minimum atomic E-state index is -5.02. The maximum Gasteiger partial charge on any atom is 0.402 e. The number of carboxylic acids is 2. The lowest BCUT2D eigenvalue weighted by atomic mass is 9.73. The van der Waals surface area contributed by atoms with Gasteiger partial charge in [0.25, 0.3) is 5.91 Å². The van der Waals surface area contributed by atoms with Crippen molar-refractivity contribution in [3.63, 3.8) is 0 Å². The van der Waals surface area contributed by atoms with Crippen molar-refractivity contribution in [2.75, 3.05) is 5.32 Å². The monoisotopic (exact) mass is 575 g/mol. The number of nitrogens with one attached hydrogen (secondary N) is 1. The summed E-state index contributed by atoms with van der Waals surface area (Å²) in [5.74, 6) is -4.65. The van der Waals surface area contributed by atoms with Gasteiger partial charge >= 0.3 is 18.1 Å². The number of anilines is 1. The minimum absolute atomic E-state index is 0.246. The van der Waals surface area contributed by atoms with E-state index in [-0.39, 0.29) is 6.42 Å². The number of ketones is 1. The van der Waals surface area contributed by atoms with Gasteiger partial charge in [-0.15, -0.1) is 0 Å². The molecule has 0 saturated carbocycles. The molecule has 0 radical (unpaired) electrons. The Kier molecular flexibility index (Phi) is 8.28. The van der Waals surface area contributed by atoms with Crippen LogP contribution in [0, 0.1) is 0 Å². The van der Waals surface area contributed by atoms with E-state index in [1.165, 1.54) is 12.1 Å². The Labute approximate surface area is 238 Å². The number of Topliss-reactive ketones (excluding diaryl/α,β-unsaturated/α-hetero) is 1. The van der Waals surface area contributed by atoms with Gasteiger partial charge in [0, 0.05) is 17.7 Å². The molecule has 0 saturated heterocycles. The molecule has 42 heavy (non-hydrogen) atoms. The van der Waals surface area contributed by atoms with E-state index >= 15 is 0 Å². The first-order valence-electron chi connectivity index (χ1n) is 12.6. The largest absolute Gasteiger partial charge is 0.478 e. The van der Waals surface area contributed by atoms with Crippen molar-refractivity contribution >= 4 is 29.3 Å². The molecule has 0 aliphatic rings. The molecule has 1 unspecified atom stereocenters. The fourth-order valence-electron chi connectivity index (χ4n) is 4.59. The second-order valence-corrected chi connectivity index (χ2v) is 9.66. The van der Waals surface area contributed by atoms with Crippen molar-refractivity contribution in [1.82, 2.24) is 0 Å². The van der Waals surface area contributed by atoms with Gasteiger partial charge in [-0.3, -0.25) is 9.59 Å². The van der Waals surface area contributed by atoms with Crippen LogP contribution in [-0.2, 0) is 11.8 Å². The molecule has 3 N–H and O–H groups in total. The predicted octanol–water partition coefficient (Wildman–Crippen LogP) is 6.63. The number of rotatable bonds is 9. The smallest absolute Gasteiger partial charge is 0.402 e. The third kappa shape index (κ3) is 5.92. The molecule has 0 bridgehead atoms. The Morgan fingerprint density at radius 3 is 1.64 bits per heavy atom. The number of benzene rings is 4. The number of amides is 1. The third-order valence-corrected chi connectivity index (χ3v) is 7.01. The van der Waals surface area contributed by atoms with Gasteiger partial charge in [-0.25, -0.2) is 9.59 Å². The van der Waals surface area contributed by atoms with Gasteiger partial charge in [0.05, 0.1) is 16.7 Å². The zero-order valence-electron chi connectivity index (χ0n) is 22.1. The van der Waals surface area contributed by atoms with Crippen molar-refractivity contribution in [2.45, 2.75) is 24.9 Å². The first-order valence-corrected chi connectivity index (χ1v) is 12.6. The molecule has 0 spiro atoms. The summed E-state index contributed by atoms with van der Waals surface area (Å²) in [7, 11) is 0. The van der Waals surface area contributed by atoms with Crippen molar-refractivity contribution in [1.29, 1.82) is 0 Å². The molecule has 0 fully saturated rings. The van der Waals surface area contributed by atoms with Gasteiger partial charge in [-0.05, 0) is 60.0 Å². The Bertz CT molecular complexity index is 1550. The molecule has 214 valence electrons. The van der Waals surface area contributed by atoms with E-state index in [0.29, 0.717) is 11.3 Å². The standard InChI is InChI=1S/C32H24F3NO6/c1-31(32(33,34)35,20-12-14-23(29(39)40)25(17-20)27(37)16-19-8-4-2-5-9-19)21-13-15-24(30(41)42)26(18-21)28(38)36-22-10-6-3-7-11-22/h2-15,17-18H,16H2,1H3,(H,36,38)(H,39,40)(H,41,42). The number of carboxylic acid groups (broad SMARTS) is 2. The Morgan fingerprint density at radius 1 is 0.667 bits per heavy atom. The third-order valence-electron chi connectivity index (χ3n) is 7.01. The lowest BCUT2D eigenvalue weighted by molar-refractivity contribution is -0.173. The highest BCUT2D eigenvalue weighted by molar-refractivity contribution is 6.11. The molecule has 0 aromatic heterocycles. The summed E-state index contributed by atoms with van der Waals surface area (Å²) in [6.07, 6.45) is -5.26. The molecule has 1 atom stereocenters. The van der Waals surface area contributed by atoms with Gasteiger partial charge in [0.1, 0.15) is 5.41 Å². The van der Waals surface area contributed by atoms with Crippen LogP contribution in [0.5, 0.6) is 0 Å². The maximum atomic E-state index is 14.9. The quantitative estimate of drug-likeness (QED) is 0.193. The van der Waals surface area contributed by atoms with Crippen LogP contribution in [0.15, 0.2) is 97.1 Å². The van der Waals surface area contributed by atoms with E-state index < -0.39 is 68.6 Å². The molecule has 4 rings (SSSR count). The van der Waals surface area contributed by atoms with Gasteiger partial charge in [-0.1, -0.05) is 60.7 Å². The molecule has 7 nitrogen and oxygen atoms in total. The number of carbonyl (C=O) groups excluding carboxylic acids is 2. The number of alkyl halides is 3. The highest BCUT2D eigenvalue weighted by atomic mass is 19.4. The second-order valence-electron chi connectivity index (χ2n) is 9.66. The van der Waals surface area contributed by atoms with Crippen LogP contribution >= 0.6 is 0 Å². The van der Waals surface area contributed by atoms with Gasteiger partial charge in [0.2, 0.25) is 0 Å². The Balaban J connectivity index is 1.86. The van der Waals surface area contributed by atoms with E-state index in [1.54, 1.807) is 48.5 Å². The fraction of sp³-hybridized carbons (Fsp3) is 0.125. The van der Waals surface area contributed by atoms with Crippen LogP contribution in [0.2, 0.25) is 0 Å². The van der Waals surface area contributed by atoms with Crippen molar-refractivity contribution in [2.24, 2.45) is 0 Å². The highest BCUT2D eigenvalue weighted by Gasteiger charge is 2.54. The van der Waals surface area contributed by atoms with Gasteiger partial charge < -0.3 is 15.5 Å². The first-order chi connectivity index (χ1) is 19.8. The lowest BCUT2D eigenvalue weighted by Crippen LogP contribution is -2.41. The normalized spacial score (nSPS) is 12.7. The summed E-state index contributed by atoms with van der Waals surface area (Å²) in [5, 5.41) is 21.8. The molecule has 0 aliphatic heterocycles. The number of para-hydroxylation sites is 1. The average molecular weight is 576 g/mol. The van der Waals surface area contributed by atoms with Gasteiger partial charge in [0.15, 0.2) is 5.78 Å². The van der Waals surface area contributed by atoms with E-state index in [0.717, 1.165) is 43.3 Å².